The predicted molar refractivity (Wildman–Crippen MR) is 121 cm³/mol. The average Bonchev–Trinajstić information content (AvgIpc) is 3.28. The van der Waals surface area contributed by atoms with Gasteiger partial charge in [-0.05, 0) is 55.5 Å². The molecule has 0 atom stereocenters. The Morgan fingerprint density at radius 3 is 2.54 bits per heavy atom. The van der Waals surface area contributed by atoms with Gasteiger partial charge in [0.2, 0.25) is 5.88 Å². The van der Waals surface area contributed by atoms with Crippen LogP contribution in [0.5, 0.6) is 5.88 Å². The average molecular weight is 478 g/mol. The Hall–Kier alpha value is -4.61. The van der Waals surface area contributed by atoms with Crippen LogP contribution in [0.15, 0.2) is 60.9 Å². The third-order valence-corrected chi connectivity index (χ3v) is 5.12. The van der Waals surface area contributed by atoms with Gasteiger partial charge in [0.1, 0.15) is 12.1 Å². The second kappa shape index (κ2) is 8.63. The summed E-state index contributed by atoms with van der Waals surface area (Å²) in [6, 6.07) is 15.1. The van der Waals surface area contributed by atoms with E-state index >= 15 is 0 Å². The molecule has 1 aromatic carbocycles. The van der Waals surface area contributed by atoms with Gasteiger partial charge in [0.05, 0.1) is 35.1 Å². The molecule has 4 heterocycles. The van der Waals surface area contributed by atoms with Gasteiger partial charge in [0.25, 0.3) is 0 Å². The number of imidazole rings is 1. The van der Waals surface area contributed by atoms with Gasteiger partial charge in [0.15, 0.2) is 11.5 Å². The Bertz CT molecular complexity index is 1520. The van der Waals surface area contributed by atoms with Gasteiger partial charge in [-0.2, -0.15) is 18.3 Å². The zero-order chi connectivity index (χ0) is 24.6. The van der Waals surface area contributed by atoms with E-state index in [1.165, 1.54) is 7.11 Å². The number of rotatable bonds is 5. The number of halogens is 3. The number of methoxy groups -OCH3 is 1. The second-order valence-electron chi connectivity index (χ2n) is 7.53. The summed E-state index contributed by atoms with van der Waals surface area (Å²) in [6.45, 7) is 1.86. The number of benzene rings is 1. The number of alkyl halides is 3. The molecule has 12 heteroatoms. The molecule has 0 saturated carbocycles. The van der Waals surface area contributed by atoms with Crippen LogP contribution < -0.4 is 10.1 Å². The molecular formula is C23H17F3N8O. The van der Waals surface area contributed by atoms with Crippen LogP contribution in [-0.2, 0) is 6.18 Å². The number of hydrogen-bond acceptors (Lipinski definition) is 8. The fraction of sp³-hybridized carbons (Fsp3) is 0.130. The Labute approximate surface area is 196 Å². The van der Waals surface area contributed by atoms with Crippen molar-refractivity contribution in [2.75, 3.05) is 12.4 Å². The molecule has 0 saturated heterocycles. The molecule has 35 heavy (non-hydrogen) atoms. The van der Waals surface area contributed by atoms with Crippen molar-refractivity contribution in [2.24, 2.45) is 0 Å². The van der Waals surface area contributed by atoms with Crippen LogP contribution in [0.25, 0.3) is 28.1 Å². The molecule has 0 aliphatic heterocycles. The highest BCUT2D eigenvalue weighted by Gasteiger charge is 2.34. The van der Waals surface area contributed by atoms with E-state index in [2.05, 4.69) is 35.7 Å². The molecule has 1 N–H and O–H groups in total. The van der Waals surface area contributed by atoms with E-state index in [0.717, 1.165) is 23.0 Å². The van der Waals surface area contributed by atoms with Gasteiger partial charge in [-0.15, -0.1) is 15.3 Å². The van der Waals surface area contributed by atoms with Gasteiger partial charge < -0.3 is 10.1 Å². The first-order valence-corrected chi connectivity index (χ1v) is 10.3. The maximum absolute atomic E-state index is 13.2. The maximum Gasteiger partial charge on any atom is 0.435 e. The zero-order valence-corrected chi connectivity index (χ0v) is 18.4. The fourth-order valence-corrected chi connectivity index (χ4v) is 3.45. The molecule has 5 rings (SSSR count). The van der Waals surface area contributed by atoms with E-state index in [1.807, 2.05) is 37.3 Å². The summed E-state index contributed by atoms with van der Waals surface area (Å²) >= 11 is 0. The van der Waals surface area contributed by atoms with Crippen LogP contribution in [-0.4, -0.2) is 42.0 Å². The fourth-order valence-electron chi connectivity index (χ4n) is 3.45. The van der Waals surface area contributed by atoms with E-state index in [1.54, 1.807) is 29.1 Å². The van der Waals surface area contributed by atoms with Gasteiger partial charge >= 0.3 is 6.18 Å². The smallest absolute Gasteiger partial charge is 0.435 e. The molecule has 0 amide bonds. The van der Waals surface area contributed by atoms with Crippen molar-refractivity contribution >= 4 is 22.5 Å². The summed E-state index contributed by atoms with van der Waals surface area (Å²) in [4.78, 5) is 8.98. The van der Waals surface area contributed by atoms with Crippen molar-refractivity contribution in [3.05, 3.63) is 72.3 Å². The third-order valence-electron chi connectivity index (χ3n) is 5.12. The second-order valence-corrected chi connectivity index (χ2v) is 7.53. The number of nitrogens with one attached hydrogen (secondary N) is 1. The summed E-state index contributed by atoms with van der Waals surface area (Å²) in [5.41, 5.74) is 2.22. The summed E-state index contributed by atoms with van der Waals surface area (Å²) in [5, 5.41) is 18.1. The molecule has 0 unspecified atom stereocenters. The molecule has 0 fully saturated rings. The summed E-state index contributed by atoms with van der Waals surface area (Å²) in [6.07, 6.45) is -3.06. The lowest BCUT2D eigenvalue weighted by Gasteiger charge is -2.11. The van der Waals surface area contributed by atoms with Crippen molar-refractivity contribution in [1.82, 2.24) is 34.9 Å². The van der Waals surface area contributed by atoms with Crippen molar-refractivity contribution < 1.29 is 17.9 Å². The molecular weight excluding hydrogens is 461 g/mol. The van der Waals surface area contributed by atoms with Crippen molar-refractivity contribution in [2.45, 2.75) is 13.1 Å². The first kappa shape index (κ1) is 22.2. The van der Waals surface area contributed by atoms with Crippen molar-refractivity contribution in [3.63, 3.8) is 0 Å². The van der Waals surface area contributed by atoms with E-state index < -0.39 is 11.9 Å². The van der Waals surface area contributed by atoms with Crippen LogP contribution >= 0.6 is 0 Å². The molecule has 0 bridgehead atoms. The topological polar surface area (TPSA) is 104 Å². The Kier molecular flexibility index (Phi) is 5.47. The third kappa shape index (κ3) is 4.45. The minimum Gasteiger partial charge on any atom is -0.479 e. The summed E-state index contributed by atoms with van der Waals surface area (Å²) in [5.74, 6) is 0.998. The van der Waals surface area contributed by atoms with Crippen LogP contribution in [0.2, 0.25) is 0 Å². The first-order chi connectivity index (χ1) is 16.8. The number of hydrogen-bond donors (Lipinski definition) is 1. The highest BCUT2D eigenvalue weighted by atomic mass is 19.4. The first-order valence-electron chi connectivity index (χ1n) is 10.3. The number of ether oxygens (including phenoxy) is 1. The normalized spacial score (nSPS) is 11.6. The van der Waals surface area contributed by atoms with E-state index in [0.29, 0.717) is 17.2 Å². The van der Waals surface area contributed by atoms with Crippen LogP contribution in [0.1, 0.15) is 11.4 Å². The molecule has 5 aromatic rings. The minimum absolute atomic E-state index is 0.0620. The van der Waals surface area contributed by atoms with Gasteiger partial charge in [0, 0.05) is 5.69 Å². The minimum atomic E-state index is -4.65. The van der Waals surface area contributed by atoms with E-state index in [4.69, 9.17) is 4.74 Å². The Balaban J connectivity index is 1.50. The molecule has 9 nitrogen and oxygen atoms in total. The van der Waals surface area contributed by atoms with Crippen LogP contribution in [0.3, 0.4) is 0 Å². The molecule has 0 aliphatic rings. The van der Waals surface area contributed by atoms with Gasteiger partial charge in [-0.3, -0.25) is 4.57 Å². The summed E-state index contributed by atoms with van der Waals surface area (Å²) in [7, 11) is 1.31. The van der Waals surface area contributed by atoms with Crippen LogP contribution in [0, 0.1) is 6.92 Å². The zero-order valence-electron chi connectivity index (χ0n) is 18.4. The number of nitrogens with zero attached hydrogens (tertiary/aromatic N) is 7. The number of aromatic nitrogens is 7. The summed E-state index contributed by atoms with van der Waals surface area (Å²) < 4.78 is 46.4. The predicted octanol–water partition coefficient (Wildman–Crippen LogP) is 4.75. The largest absolute Gasteiger partial charge is 0.479 e. The molecule has 0 aliphatic carbocycles. The van der Waals surface area contributed by atoms with Gasteiger partial charge in [-0.1, -0.05) is 6.07 Å². The monoisotopic (exact) mass is 478 g/mol. The lowest BCUT2D eigenvalue weighted by atomic mass is 10.1. The van der Waals surface area contributed by atoms with E-state index in [9.17, 15) is 13.2 Å². The Morgan fingerprint density at radius 2 is 1.80 bits per heavy atom. The highest BCUT2D eigenvalue weighted by molar-refractivity contribution is 5.82. The number of aryl methyl sites for hydroxylation is 1. The molecule has 0 spiro atoms. The molecule has 0 radical (unpaired) electrons. The quantitative estimate of drug-likeness (QED) is 0.386. The van der Waals surface area contributed by atoms with Crippen molar-refractivity contribution in [3.8, 4) is 23.0 Å². The lowest BCUT2D eigenvalue weighted by Crippen LogP contribution is -2.10. The highest BCUT2D eigenvalue weighted by Crippen LogP contribution is 2.34. The number of anilines is 2. The number of fused-ring (bicyclic) bond motifs is 1. The standard InChI is InChI=1S/C23H17F3N8O/c1-13-6-9-20(32-30-13)28-14-7-8-18-17(10-14)27-12-34(18)21-5-3-4-16(29-21)15-11-19(23(24,25)26)31-33-22(15)35-2/h3-12H,1-2H3,(H,28,32). The molecule has 4 aromatic heterocycles. The molecule has 176 valence electrons. The lowest BCUT2D eigenvalue weighted by molar-refractivity contribution is -0.141. The Morgan fingerprint density at radius 1 is 0.943 bits per heavy atom. The number of pyridine rings is 1. The van der Waals surface area contributed by atoms with Gasteiger partial charge in [-0.25, -0.2) is 9.97 Å². The van der Waals surface area contributed by atoms with E-state index in [-0.39, 0.29) is 17.1 Å². The van der Waals surface area contributed by atoms with Crippen molar-refractivity contribution in [1.29, 1.82) is 0 Å². The van der Waals surface area contributed by atoms with Crippen LogP contribution in [0.4, 0.5) is 24.7 Å². The maximum atomic E-state index is 13.2. The SMILES string of the molecule is COc1nnc(C(F)(F)F)cc1-c1cccc(-n2cnc3cc(Nc4ccc(C)nn4)ccc32)n1.